The summed E-state index contributed by atoms with van der Waals surface area (Å²) in [6.45, 7) is 5.77. The topological polar surface area (TPSA) is 12.0 Å². The van der Waals surface area contributed by atoms with Crippen molar-refractivity contribution in [3.05, 3.63) is 20.8 Å². The highest BCUT2D eigenvalue weighted by molar-refractivity contribution is 9.10. The lowest BCUT2D eigenvalue weighted by atomic mass is 9.79. The van der Waals surface area contributed by atoms with Gasteiger partial charge >= 0.3 is 0 Å². The lowest BCUT2D eigenvalue weighted by Crippen LogP contribution is -2.30. The van der Waals surface area contributed by atoms with E-state index in [1.54, 1.807) is 0 Å². The fourth-order valence-electron chi connectivity index (χ4n) is 2.91. The van der Waals surface area contributed by atoms with Gasteiger partial charge in [-0.1, -0.05) is 26.7 Å². The fourth-order valence-corrected chi connectivity index (χ4v) is 4.52. The Bertz CT molecular complexity index is 355. The third-order valence-corrected chi connectivity index (χ3v) is 5.82. The Morgan fingerprint density at radius 3 is 2.67 bits per heavy atom. The van der Waals surface area contributed by atoms with Crippen LogP contribution < -0.4 is 5.32 Å². The first kappa shape index (κ1) is 14.5. The highest BCUT2D eigenvalue weighted by Gasteiger charge is 2.27. The van der Waals surface area contributed by atoms with Crippen molar-refractivity contribution < 1.29 is 0 Å². The van der Waals surface area contributed by atoms with Crippen molar-refractivity contribution in [2.75, 3.05) is 6.54 Å². The molecule has 1 heterocycles. The maximum atomic E-state index is 3.77. The van der Waals surface area contributed by atoms with E-state index in [1.165, 1.54) is 41.5 Å². The minimum absolute atomic E-state index is 0.578. The molecule has 1 aromatic rings. The van der Waals surface area contributed by atoms with Crippen LogP contribution >= 0.6 is 27.3 Å². The molecule has 102 valence electrons. The van der Waals surface area contributed by atoms with Crippen LogP contribution in [0.4, 0.5) is 0 Å². The van der Waals surface area contributed by atoms with Gasteiger partial charge < -0.3 is 5.32 Å². The van der Waals surface area contributed by atoms with Crippen LogP contribution in [-0.2, 0) is 0 Å². The second-order valence-corrected chi connectivity index (χ2v) is 7.48. The molecule has 0 amide bonds. The number of rotatable bonds is 5. The Balaban J connectivity index is 2.04. The van der Waals surface area contributed by atoms with Gasteiger partial charge in [-0.05, 0) is 59.6 Å². The van der Waals surface area contributed by atoms with Gasteiger partial charge in [0.25, 0.3) is 0 Å². The first-order chi connectivity index (χ1) is 8.70. The van der Waals surface area contributed by atoms with E-state index in [1.807, 2.05) is 11.3 Å². The molecule has 1 fully saturated rings. The van der Waals surface area contributed by atoms with E-state index in [2.05, 4.69) is 46.5 Å². The second kappa shape index (κ2) is 7.06. The molecule has 0 spiro atoms. The largest absolute Gasteiger partial charge is 0.309 e. The zero-order chi connectivity index (χ0) is 13.0. The van der Waals surface area contributed by atoms with Gasteiger partial charge in [0.2, 0.25) is 0 Å². The molecule has 1 atom stereocenters. The minimum Gasteiger partial charge on any atom is -0.309 e. The molecule has 0 aromatic carbocycles. The third kappa shape index (κ3) is 3.82. The van der Waals surface area contributed by atoms with E-state index in [9.17, 15) is 0 Å². The second-order valence-electron chi connectivity index (χ2n) is 5.62. The summed E-state index contributed by atoms with van der Waals surface area (Å²) in [5, 5.41) is 5.98. The Labute approximate surface area is 123 Å². The van der Waals surface area contributed by atoms with Gasteiger partial charge in [-0.25, -0.2) is 0 Å². The SMILES string of the molecule is CCCNC(c1cc(Br)cs1)C1CCC(C)CC1. The van der Waals surface area contributed by atoms with Crippen LogP contribution in [0.3, 0.4) is 0 Å². The number of hydrogen-bond acceptors (Lipinski definition) is 2. The van der Waals surface area contributed by atoms with E-state index < -0.39 is 0 Å². The third-order valence-electron chi connectivity index (χ3n) is 4.04. The van der Waals surface area contributed by atoms with Gasteiger partial charge in [0.15, 0.2) is 0 Å². The van der Waals surface area contributed by atoms with Crippen LogP contribution in [0, 0.1) is 11.8 Å². The van der Waals surface area contributed by atoms with Crippen LogP contribution in [0.5, 0.6) is 0 Å². The summed E-state index contributed by atoms with van der Waals surface area (Å²) in [5.41, 5.74) is 0. The molecule has 1 unspecified atom stereocenters. The quantitative estimate of drug-likeness (QED) is 0.764. The molecule has 1 nitrogen and oxygen atoms in total. The highest BCUT2D eigenvalue weighted by Crippen LogP contribution is 2.39. The van der Waals surface area contributed by atoms with Crippen molar-refractivity contribution >= 4 is 27.3 Å². The summed E-state index contributed by atoms with van der Waals surface area (Å²) < 4.78 is 1.23. The number of nitrogens with one attached hydrogen (secondary N) is 1. The molecule has 1 aromatic heterocycles. The predicted octanol–water partition coefficient (Wildman–Crippen LogP) is 5.38. The van der Waals surface area contributed by atoms with Gasteiger partial charge in [0.1, 0.15) is 0 Å². The molecule has 1 aliphatic rings. The number of halogens is 1. The lowest BCUT2D eigenvalue weighted by molar-refractivity contribution is 0.233. The summed E-state index contributed by atoms with van der Waals surface area (Å²) in [6, 6.07) is 2.88. The molecule has 3 heteroatoms. The first-order valence-electron chi connectivity index (χ1n) is 7.18. The summed E-state index contributed by atoms with van der Waals surface area (Å²) in [7, 11) is 0. The molecule has 0 bridgehead atoms. The summed E-state index contributed by atoms with van der Waals surface area (Å²) in [5.74, 6) is 1.77. The molecule has 2 rings (SSSR count). The Kier molecular flexibility index (Phi) is 5.71. The van der Waals surface area contributed by atoms with E-state index in [-0.39, 0.29) is 0 Å². The predicted molar refractivity (Wildman–Crippen MR) is 84.2 cm³/mol. The molecule has 0 aliphatic heterocycles. The highest BCUT2D eigenvalue weighted by atomic mass is 79.9. The summed E-state index contributed by atoms with van der Waals surface area (Å²) in [6.07, 6.45) is 6.80. The minimum atomic E-state index is 0.578. The number of hydrogen-bond donors (Lipinski definition) is 1. The average Bonchev–Trinajstić information content (AvgIpc) is 2.78. The van der Waals surface area contributed by atoms with Crippen molar-refractivity contribution in [1.82, 2.24) is 5.32 Å². The molecule has 1 N–H and O–H groups in total. The van der Waals surface area contributed by atoms with E-state index in [0.717, 1.165) is 18.4 Å². The molecule has 18 heavy (non-hydrogen) atoms. The molecular formula is C15H24BrNS. The average molecular weight is 330 g/mol. The van der Waals surface area contributed by atoms with Crippen molar-refractivity contribution in [1.29, 1.82) is 0 Å². The van der Waals surface area contributed by atoms with Crippen LogP contribution in [0.25, 0.3) is 0 Å². The van der Waals surface area contributed by atoms with Crippen LogP contribution in [0.2, 0.25) is 0 Å². The van der Waals surface area contributed by atoms with Gasteiger partial charge in [0, 0.05) is 20.8 Å². The zero-order valence-electron chi connectivity index (χ0n) is 11.4. The molecule has 0 saturated heterocycles. The molecule has 1 aliphatic carbocycles. The lowest BCUT2D eigenvalue weighted by Gasteiger charge is -2.33. The fraction of sp³-hybridized carbons (Fsp3) is 0.733. The summed E-state index contributed by atoms with van der Waals surface area (Å²) >= 11 is 5.48. The standard InChI is InChI=1S/C15H24BrNS/c1-3-8-17-15(14-9-13(16)10-18-14)12-6-4-11(2)5-7-12/h9-12,15,17H,3-8H2,1-2H3. The summed E-state index contributed by atoms with van der Waals surface area (Å²) in [4.78, 5) is 1.51. The maximum Gasteiger partial charge on any atom is 0.0443 e. The van der Waals surface area contributed by atoms with Crippen molar-refractivity contribution in [2.45, 2.75) is 52.0 Å². The smallest absolute Gasteiger partial charge is 0.0443 e. The zero-order valence-corrected chi connectivity index (χ0v) is 13.8. The molecular weight excluding hydrogens is 306 g/mol. The first-order valence-corrected chi connectivity index (χ1v) is 8.85. The normalized spacial score (nSPS) is 26.2. The molecule has 1 saturated carbocycles. The Morgan fingerprint density at radius 1 is 1.39 bits per heavy atom. The molecule has 0 radical (unpaired) electrons. The van der Waals surface area contributed by atoms with Crippen LogP contribution in [0.1, 0.15) is 56.9 Å². The van der Waals surface area contributed by atoms with E-state index in [4.69, 9.17) is 0 Å². The van der Waals surface area contributed by atoms with Crippen molar-refractivity contribution in [3.8, 4) is 0 Å². The van der Waals surface area contributed by atoms with Crippen molar-refractivity contribution in [2.24, 2.45) is 11.8 Å². The van der Waals surface area contributed by atoms with Gasteiger partial charge in [0.05, 0.1) is 0 Å². The van der Waals surface area contributed by atoms with Gasteiger partial charge in [-0.2, -0.15) is 0 Å². The number of thiophene rings is 1. The van der Waals surface area contributed by atoms with E-state index in [0.29, 0.717) is 6.04 Å². The van der Waals surface area contributed by atoms with Crippen molar-refractivity contribution in [3.63, 3.8) is 0 Å². The van der Waals surface area contributed by atoms with E-state index >= 15 is 0 Å². The Hall–Kier alpha value is 0.140. The van der Waals surface area contributed by atoms with Gasteiger partial charge in [-0.15, -0.1) is 11.3 Å². The maximum absolute atomic E-state index is 3.77. The van der Waals surface area contributed by atoms with Crippen LogP contribution in [0.15, 0.2) is 15.9 Å². The van der Waals surface area contributed by atoms with Gasteiger partial charge in [-0.3, -0.25) is 0 Å². The Morgan fingerprint density at radius 2 is 2.11 bits per heavy atom. The van der Waals surface area contributed by atoms with Crippen LogP contribution in [-0.4, -0.2) is 6.54 Å². The monoisotopic (exact) mass is 329 g/mol.